The van der Waals surface area contributed by atoms with Crippen LogP contribution in [0.5, 0.6) is 0 Å². The normalized spacial score (nSPS) is 29.5. The lowest BCUT2D eigenvalue weighted by Gasteiger charge is -2.29. The molecule has 1 aliphatic carbocycles. The summed E-state index contributed by atoms with van der Waals surface area (Å²) in [5.74, 6) is 1.68. The van der Waals surface area contributed by atoms with Gasteiger partial charge in [-0.1, -0.05) is 6.42 Å². The third-order valence-corrected chi connectivity index (χ3v) is 5.86. The van der Waals surface area contributed by atoms with Gasteiger partial charge in [0, 0.05) is 43.9 Å². The molecule has 24 heavy (non-hydrogen) atoms. The summed E-state index contributed by atoms with van der Waals surface area (Å²) < 4.78 is 11.8. The highest BCUT2D eigenvalue weighted by Crippen LogP contribution is 2.37. The van der Waals surface area contributed by atoms with Gasteiger partial charge in [0.1, 0.15) is 0 Å². The Balaban J connectivity index is 1.22. The molecule has 3 fully saturated rings. The first-order valence-electron chi connectivity index (χ1n) is 9.18. The molecule has 0 spiro atoms. The quantitative estimate of drug-likeness (QED) is 0.751. The summed E-state index contributed by atoms with van der Waals surface area (Å²) in [7, 11) is 0. The molecule has 4 rings (SSSR count). The summed E-state index contributed by atoms with van der Waals surface area (Å²) in [6.45, 7) is 3.88. The van der Waals surface area contributed by atoms with Crippen LogP contribution >= 0.6 is 0 Å². The minimum absolute atomic E-state index is 0.249. The first-order chi connectivity index (χ1) is 11.8. The van der Waals surface area contributed by atoms with Gasteiger partial charge < -0.3 is 14.4 Å². The fraction of sp³-hybridized carbons (Fsp3) is 0.684. The van der Waals surface area contributed by atoms with Gasteiger partial charge in [-0.15, -0.1) is 0 Å². The van der Waals surface area contributed by atoms with Crippen LogP contribution in [0.3, 0.4) is 0 Å². The van der Waals surface area contributed by atoms with E-state index in [9.17, 15) is 4.79 Å². The molecule has 1 aromatic heterocycles. The predicted molar refractivity (Wildman–Crippen MR) is 89.2 cm³/mol. The number of aromatic nitrogens is 1. The molecule has 0 aromatic carbocycles. The molecule has 0 radical (unpaired) electrons. The maximum atomic E-state index is 12.4. The van der Waals surface area contributed by atoms with Gasteiger partial charge in [-0.2, -0.15) is 0 Å². The first kappa shape index (κ1) is 16.0. The molecule has 1 aromatic rings. The third kappa shape index (κ3) is 3.33. The average molecular weight is 330 g/mol. The van der Waals surface area contributed by atoms with E-state index in [-0.39, 0.29) is 6.10 Å². The third-order valence-electron chi connectivity index (χ3n) is 5.86. The zero-order valence-electron chi connectivity index (χ0n) is 14.1. The Morgan fingerprint density at radius 1 is 1.29 bits per heavy atom. The molecule has 1 amide bonds. The van der Waals surface area contributed by atoms with E-state index in [0.717, 1.165) is 51.1 Å². The molecule has 2 aliphatic heterocycles. The SMILES string of the molecule is O=C(C1CCC1)N1C[C@H]2[C@@H](CCOCc3ccncc3)CO[C@H]2C1. The number of carbonyl (C=O) groups excluding carboxylic acids is 1. The summed E-state index contributed by atoms with van der Waals surface area (Å²) in [5.41, 5.74) is 1.16. The standard InChI is InChI=1S/C19H26N2O3/c22-19(15-2-1-3-15)21-10-17-16(13-24-18(17)11-21)6-9-23-12-14-4-7-20-8-5-14/h4-5,7-8,15-18H,1-3,6,9-13H2/t16-,17-,18-/m0/s1. The Morgan fingerprint density at radius 2 is 2.12 bits per heavy atom. The van der Waals surface area contributed by atoms with Crippen molar-refractivity contribution < 1.29 is 14.3 Å². The smallest absolute Gasteiger partial charge is 0.225 e. The number of rotatable bonds is 6. The lowest BCUT2D eigenvalue weighted by atomic mass is 9.84. The Bertz CT molecular complexity index is 561. The molecule has 3 heterocycles. The van der Waals surface area contributed by atoms with Crippen LogP contribution in [-0.2, 0) is 20.9 Å². The topological polar surface area (TPSA) is 51.7 Å². The molecular formula is C19H26N2O3. The van der Waals surface area contributed by atoms with Crippen molar-refractivity contribution in [2.75, 3.05) is 26.3 Å². The second-order valence-corrected chi connectivity index (χ2v) is 7.36. The highest BCUT2D eigenvalue weighted by molar-refractivity contribution is 5.80. The van der Waals surface area contributed by atoms with Crippen LogP contribution in [0, 0.1) is 17.8 Å². The van der Waals surface area contributed by atoms with Crippen LogP contribution in [0.15, 0.2) is 24.5 Å². The minimum atomic E-state index is 0.249. The highest BCUT2D eigenvalue weighted by atomic mass is 16.5. The maximum Gasteiger partial charge on any atom is 0.225 e. The summed E-state index contributed by atoms with van der Waals surface area (Å²) in [6.07, 6.45) is 8.22. The van der Waals surface area contributed by atoms with Gasteiger partial charge in [-0.3, -0.25) is 9.78 Å². The molecule has 1 saturated carbocycles. The zero-order chi connectivity index (χ0) is 16.4. The number of ether oxygens (including phenoxy) is 2. The molecule has 0 unspecified atom stereocenters. The second-order valence-electron chi connectivity index (χ2n) is 7.36. The highest BCUT2D eigenvalue weighted by Gasteiger charge is 2.46. The number of fused-ring (bicyclic) bond motifs is 1. The van der Waals surface area contributed by atoms with Crippen LogP contribution < -0.4 is 0 Å². The lowest BCUT2D eigenvalue weighted by Crippen LogP contribution is -2.38. The number of nitrogens with zero attached hydrogens (tertiary/aromatic N) is 2. The summed E-state index contributed by atoms with van der Waals surface area (Å²) in [4.78, 5) is 18.5. The van der Waals surface area contributed by atoms with E-state index in [1.807, 2.05) is 12.1 Å². The lowest BCUT2D eigenvalue weighted by molar-refractivity contribution is -0.137. The van der Waals surface area contributed by atoms with Crippen LogP contribution in [0.2, 0.25) is 0 Å². The van der Waals surface area contributed by atoms with Crippen LogP contribution in [-0.4, -0.2) is 48.2 Å². The Morgan fingerprint density at radius 3 is 2.88 bits per heavy atom. The van der Waals surface area contributed by atoms with Gasteiger partial charge in [0.25, 0.3) is 0 Å². The van der Waals surface area contributed by atoms with Crippen molar-refractivity contribution in [3.8, 4) is 0 Å². The van der Waals surface area contributed by atoms with Crippen molar-refractivity contribution in [1.29, 1.82) is 0 Å². The predicted octanol–water partition coefficient (Wildman–Crippen LogP) is 2.26. The first-order valence-corrected chi connectivity index (χ1v) is 9.18. The van der Waals surface area contributed by atoms with Crippen LogP contribution in [0.4, 0.5) is 0 Å². The Hall–Kier alpha value is -1.46. The molecule has 2 saturated heterocycles. The van der Waals surface area contributed by atoms with Crippen molar-refractivity contribution in [2.45, 2.75) is 38.4 Å². The van der Waals surface area contributed by atoms with Gasteiger partial charge in [-0.05, 0) is 42.9 Å². The van der Waals surface area contributed by atoms with Gasteiger partial charge in [-0.25, -0.2) is 0 Å². The average Bonchev–Trinajstić information content (AvgIpc) is 3.12. The van der Waals surface area contributed by atoms with Crippen molar-refractivity contribution in [3.63, 3.8) is 0 Å². The number of hydrogen-bond donors (Lipinski definition) is 0. The van der Waals surface area contributed by atoms with E-state index < -0.39 is 0 Å². The Kier molecular flexibility index (Phi) is 4.81. The van der Waals surface area contributed by atoms with Crippen molar-refractivity contribution >= 4 is 5.91 Å². The molecule has 0 N–H and O–H groups in total. The van der Waals surface area contributed by atoms with Crippen LogP contribution in [0.25, 0.3) is 0 Å². The van der Waals surface area contributed by atoms with Crippen molar-refractivity contribution in [2.24, 2.45) is 17.8 Å². The van der Waals surface area contributed by atoms with E-state index in [1.165, 1.54) is 6.42 Å². The molecule has 130 valence electrons. The fourth-order valence-electron chi connectivity index (χ4n) is 4.09. The van der Waals surface area contributed by atoms with E-state index >= 15 is 0 Å². The van der Waals surface area contributed by atoms with Gasteiger partial charge in [0.05, 0.1) is 19.3 Å². The summed E-state index contributed by atoms with van der Waals surface area (Å²) in [6, 6.07) is 3.96. The number of likely N-dealkylation sites (tertiary alicyclic amines) is 1. The molecule has 5 nitrogen and oxygen atoms in total. The maximum absolute atomic E-state index is 12.4. The number of amides is 1. The molecule has 5 heteroatoms. The summed E-state index contributed by atoms with van der Waals surface area (Å²) >= 11 is 0. The van der Waals surface area contributed by atoms with E-state index in [1.54, 1.807) is 12.4 Å². The Labute approximate surface area is 143 Å². The number of carbonyl (C=O) groups is 1. The largest absolute Gasteiger partial charge is 0.377 e. The van der Waals surface area contributed by atoms with E-state index in [0.29, 0.717) is 30.3 Å². The second kappa shape index (κ2) is 7.19. The number of hydrogen-bond acceptors (Lipinski definition) is 4. The zero-order valence-corrected chi connectivity index (χ0v) is 14.1. The minimum Gasteiger partial charge on any atom is -0.377 e. The fourth-order valence-corrected chi connectivity index (χ4v) is 4.09. The molecule has 0 bridgehead atoms. The molecule has 3 aliphatic rings. The van der Waals surface area contributed by atoms with Crippen LogP contribution in [0.1, 0.15) is 31.2 Å². The van der Waals surface area contributed by atoms with Crippen molar-refractivity contribution in [3.05, 3.63) is 30.1 Å². The van der Waals surface area contributed by atoms with Gasteiger partial charge in [0.15, 0.2) is 0 Å². The van der Waals surface area contributed by atoms with Gasteiger partial charge >= 0.3 is 0 Å². The number of pyridine rings is 1. The van der Waals surface area contributed by atoms with E-state index in [2.05, 4.69) is 9.88 Å². The van der Waals surface area contributed by atoms with Gasteiger partial charge in [0.2, 0.25) is 5.91 Å². The summed E-state index contributed by atoms with van der Waals surface area (Å²) in [5, 5.41) is 0. The molecular weight excluding hydrogens is 304 g/mol. The van der Waals surface area contributed by atoms with E-state index in [4.69, 9.17) is 9.47 Å². The monoisotopic (exact) mass is 330 g/mol. The molecule has 3 atom stereocenters. The van der Waals surface area contributed by atoms with Crippen molar-refractivity contribution in [1.82, 2.24) is 9.88 Å².